The average molecular weight is 412 g/mol. The molecule has 0 aromatic heterocycles. The van der Waals surface area contributed by atoms with E-state index in [-0.39, 0.29) is 17.9 Å². The molecular formula is C17H18BrNO4S. The molecular weight excluding hydrogens is 394 g/mol. The lowest BCUT2D eigenvalue weighted by molar-refractivity contribution is -0.145. The van der Waals surface area contributed by atoms with Gasteiger partial charge in [0, 0.05) is 4.47 Å². The standard InChI is InChI=1S/C17H18BrNO4S/c1-2-23-17(20)16(12-13-6-4-3-5-7-13)19-24(21,22)15-10-8-14(18)9-11-15/h3-11,16,19H,2,12H2,1H3. The summed E-state index contributed by atoms with van der Waals surface area (Å²) >= 11 is 3.26. The van der Waals surface area contributed by atoms with Gasteiger partial charge in [-0.05, 0) is 43.2 Å². The smallest absolute Gasteiger partial charge is 0.324 e. The zero-order chi connectivity index (χ0) is 17.6. The van der Waals surface area contributed by atoms with E-state index in [0.29, 0.717) is 0 Å². The molecule has 2 aromatic rings. The van der Waals surface area contributed by atoms with E-state index in [9.17, 15) is 13.2 Å². The van der Waals surface area contributed by atoms with E-state index in [4.69, 9.17) is 4.74 Å². The minimum Gasteiger partial charge on any atom is -0.465 e. The third kappa shape index (κ3) is 5.15. The number of rotatable bonds is 7. The fraction of sp³-hybridized carbons (Fsp3) is 0.235. The molecule has 1 atom stereocenters. The van der Waals surface area contributed by atoms with Crippen LogP contribution in [0.3, 0.4) is 0 Å². The summed E-state index contributed by atoms with van der Waals surface area (Å²) in [6.07, 6.45) is 0.218. The van der Waals surface area contributed by atoms with Crippen molar-refractivity contribution in [3.05, 3.63) is 64.6 Å². The molecule has 0 bridgehead atoms. The molecule has 1 unspecified atom stereocenters. The summed E-state index contributed by atoms with van der Waals surface area (Å²) in [5, 5.41) is 0. The van der Waals surface area contributed by atoms with Crippen molar-refractivity contribution in [2.75, 3.05) is 6.61 Å². The normalized spacial score (nSPS) is 12.6. The van der Waals surface area contributed by atoms with Crippen LogP contribution in [0.4, 0.5) is 0 Å². The van der Waals surface area contributed by atoms with Crippen molar-refractivity contribution < 1.29 is 17.9 Å². The van der Waals surface area contributed by atoms with Gasteiger partial charge in [0.05, 0.1) is 11.5 Å². The Bertz CT molecular complexity index is 776. The number of esters is 1. The molecule has 24 heavy (non-hydrogen) atoms. The number of hydrogen-bond acceptors (Lipinski definition) is 4. The lowest BCUT2D eigenvalue weighted by atomic mass is 10.1. The van der Waals surface area contributed by atoms with E-state index in [1.807, 2.05) is 30.3 Å². The molecule has 0 amide bonds. The zero-order valence-corrected chi connectivity index (χ0v) is 15.5. The number of sulfonamides is 1. The van der Waals surface area contributed by atoms with Gasteiger partial charge < -0.3 is 4.74 Å². The summed E-state index contributed by atoms with van der Waals surface area (Å²) in [5.74, 6) is -0.595. The van der Waals surface area contributed by atoms with Crippen LogP contribution in [0.5, 0.6) is 0 Å². The summed E-state index contributed by atoms with van der Waals surface area (Å²) in [6.45, 7) is 1.87. The molecule has 0 fully saturated rings. The highest BCUT2D eigenvalue weighted by atomic mass is 79.9. The second-order valence-corrected chi connectivity index (χ2v) is 7.70. The van der Waals surface area contributed by atoms with Crippen molar-refractivity contribution in [1.29, 1.82) is 0 Å². The number of nitrogens with one attached hydrogen (secondary N) is 1. The molecule has 5 nitrogen and oxygen atoms in total. The molecule has 0 aliphatic carbocycles. The van der Waals surface area contributed by atoms with Crippen LogP contribution in [-0.4, -0.2) is 27.0 Å². The van der Waals surface area contributed by atoms with Gasteiger partial charge in [0.1, 0.15) is 6.04 Å². The molecule has 0 heterocycles. The Morgan fingerprint density at radius 1 is 1.12 bits per heavy atom. The highest BCUT2D eigenvalue weighted by Crippen LogP contribution is 2.16. The van der Waals surface area contributed by atoms with Crippen LogP contribution in [0.15, 0.2) is 64.0 Å². The maximum Gasteiger partial charge on any atom is 0.324 e. The van der Waals surface area contributed by atoms with Crippen molar-refractivity contribution >= 4 is 31.9 Å². The zero-order valence-electron chi connectivity index (χ0n) is 13.1. The molecule has 7 heteroatoms. The Morgan fingerprint density at radius 2 is 1.75 bits per heavy atom. The van der Waals surface area contributed by atoms with Crippen molar-refractivity contribution in [2.24, 2.45) is 0 Å². The fourth-order valence-corrected chi connectivity index (χ4v) is 3.58. The molecule has 0 aliphatic heterocycles. The largest absolute Gasteiger partial charge is 0.465 e. The Kier molecular flexibility index (Phi) is 6.53. The first-order valence-electron chi connectivity index (χ1n) is 7.41. The lowest BCUT2D eigenvalue weighted by Crippen LogP contribution is -2.43. The van der Waals surface area contributed by atoms with Crippen LogP contribution in [0, 0.1) is 0 Å². The second-order valence-electron chi connectivity index (χ2n) is 5.07. The van der Waals surface area contributed by atoms with E-state index in [0.717, 1.165) is 10.0 Å². The SMILES string of the molecule is CCOC(=O)C(Cc1ccccc1)NS(=O)(=O)c1ccc(Br)cc1. The predicted molar refractivity (Wildman–Crippen MR) is 95.0 cm³/mol. The van der Waals surface area contributed by atoms with Gasteiger partial charge in [-0.2, -0.15) is 4.72 Å². The third-order valence-electron chi connectivity index (χ3n) is 3.28. The maximum atomic E-state index is 12.5. The topological polar surface area (TPSA) is 72.5 Å². The number of ether oxygens (including phenoxy) is 1. The fourth-order valence-electron chi connectivity index (χ4n) is 2.13. The van der Waals surface area contributed by atoms with E-state index in [1.165, 1.54) is 12.1 Å². The Morgan fingerprint density at radius 3 is 2.33 bits per heavy atom. The summed E-state index contributed by atoms with van der Waals surface area (Å²) < 4.78 is 33.3. The Balaban J connectivity index is 2.23. The first kappa shape index (κ1) is 18.6. The number of carbonyl (C=O) groups excluding carboxylic acids is 1. The van der Waals surface area contributed by atoms with E-state index < -0.39 is 22.0 Å². The Labute approximate surface area is 150 Å². The van der Waals surface area contributed by atoms with Crippen molar-refractivity contribution in [2.45, 2.75) is 24.3 Å². The molecule has 128 valence electrons. The van der Waals surface area contributed by atoms with Gasteiger partial charge in [0.15, 0.2) is 0 Å². The van der Waals surface area contributed by atoms with Crippen LogP contribution in [0.25, 0.3) is 0 Å². The van der Waals surface area contributed by atoms with Crippen molar-refractivity contribution in [3.63, 3.8) is 0 Å². The third-order valence-corrected chi connectivity index (χ3v) is 5.29. The second kappa shape index (κ2) is 8.41. The highest BCUT2D eigenvalue weighted by Gasteiger charge is 2.27. The molecule has 0 aliphatic rings. The number of halogens is 1. The first-order chi connectivity index (χ1) is 11.4. The lowest BCUT2D eigenvalue weighted by Gasteiger charge is -2.17. The van der Waals surface area contributed by atoms with Gasteiger partial charge in [-0.25, -0.2) is 8.42 Å². The molecule has 2 aromatic carbocycles. The average Bonchev–Trinajstić information content (AvgIpc) is 2.55. The van der Waals surface area contributed by atoms with E-state index in [1.54, 1.807) is 19.1 Å². The van der Waals surface area contributed by atoms with Gasteiger partial charge >= 0.3 is 5.97 Å². The first-order valence-corrected chi connectivity index (χ1v) is 9.68. The molecule has 0 saturated carbocycles. The van der Waals surface area contributed by atoms with Crippen molar-refractivity contribution in [3.8, 4) is 0 Å². The van der Waals surface area contributed by atoms with E-state index >= 15 is 0 Å². The van der Waals surface area contributed by atoms with Gasteiger partial charge in [0.25, 0.3) is 0 Å². The quantitative estimate of drug-likeness (QED) is 0.710. The number of benzene rings is 2. The van der Waals surface area contributed by atoms with Crippen LogP contribution >= 0.6 is 15.9 Å². The molecule has 0 saturated heterocycles. The van der Waals surface area contributed by atoms with Crippen LogP contribution < -0.4 is 4.72 Å². The van der Waals surface area contributed by atoms with Crippen LogP contribution in [0.2, 0.25) is 0 Å². The molecule has 1 N–H and O–H groups in total. The van der Waals surface area contributed by atoms with Gasteiger partial charge in [-0.3, -0.25) is 4.79 Å². The monoisotopic (exact) mass is 411 g/mol. The van der Waals surface area contributed by atoms with Gasteiger partial charge in [0.2, 0.25) is 10.0 Å². The summed E-state index contributed by atoms with van der Waals surface area (Å²) in [5.41, 5.74) is 0.842. The summed E-state index contributed by atoms with van der Waals surface area (Å²) in [4.78, 5) is 12.2. The van der Waals surface area contributed by atoms with Crippen LogP contribution in [-0.2, 0) is 26.0 Å². The predicted octanol–water partition coefficient (Wildman–Crippen LogP) is 2.90. The maximum absolute atomic E-state index is 12.5. The minimum absolute atomic E-state index is 0.0908. The van der Waals surface area contributed by atoms with Gasteiger partial charge in [-0.1, -0.05) is 46.3 Å². The molecule has 0 spiro atoms. The minimum atomic E-state index is -3.83. The van der Waals surface area contributed by atoms with Crippen molar-refractivity contribution in [1.82, 2.24) is 4.72 Å². The van der Waals surface area contributed by atoms with E-state index in [2.05, 4.69) is 20.7 Å². The van der Waals surface area contributed by atoms with Crippen LogP contribution in [0.1, 0.15) is 12.5 Å². The molecule has 0 radical (unpaired) electrons. The highest BCUT2D eigenvalue weighted by molar-refractivity contribution is 9.10. The number of hydrogen-bond donors (Lipinski definition) is 1. The summed E-state index contributed by atoms with van der Waals surface area (Å²) in [6, 6.07) is 14.4. The van der Waals surface area contributed by atoms with Gasteiger partial charge in [-0.15, -0.1) is 0 Å². The Hall–Kier alpha value is -1.70. The summed E-state index contributed by atoms with van der Waals surface area (Å²) in [7, 11) is -3.83. The number of carbonyl (C=O) groups is 1. The molecule has 2 rings (SSSR count).